The summed E-state index contributed by atoms with van der Waals surface area (Å²) in [6.07, 6.45) is 0.250. The van der Waals surface area contributed by atoms with Crippen molar-refractivity contribution in [2.75, 3.05) is 6.54 Å². The van der Waals surface area contributed by atoms with Crippen LogP contribution in [0.15, 0.2) is 12.1 Å². The van der Waals surface area contributed by atoms with Crippen LogP contribution in [-0.2, 0) is 14.4 Å². The second-order valence-electron chi connectivity index (χ2n) is 3.67. The van der Waals surface area contributed by atoms with Crippen LogP contribution in [0.25, 0.3) is 0 Å². The molecule has 0 bridgehead atoms. The molecule has 1 aliphatic rings. The van der Waals surface area contributed by atoms with Crippen molar-refractivity contribution in [2.24, 2.45) is 5.92 Å². The van der Waals surface area contributed by atoms with Crippen molar-refractivity contribution in [1.82, 2.24) is 5.32 Å². The molecule has 2 atom stereocenters. The van der Waals surface area contributed by atoms with E-state index in [-0.39, 0.29) is 18.0 Å². The molecule has 5 heteroatoms. The van der Waals surface area contributed by atoms with E-state index in [1.807, 2.05) is 6.92 Å². The van der Waals surface area contributed by atoms with Crippen molar-refractivity contribution >= 4 is 23.4 Å². The first-order chi connectivity index (χ1) is 7.60. The van der Waals surface area contributed by atoms with Gasteiger partial charge in [0.25, 0.3) is 0 Å². The Labute approximate surface area is 97.7 Å². The lowest BCUT2D eigenvalue weighted by atomic mass is 9.96. The second kappa shape index (κ2) is 5.58. The molecule has 1 aliphatic heterocycles. The Morgan fingerprint density at radius 3 is 2.44 bits per heavy atom. The Balaban J connectivity index is 0.000000386. The second-order valence-corrected chi connectivity index (χ2v) is 4.99. The number of rotatable bonds is 1. The Bertz CT molecular complexity index is 407. The first-order valence-corrected chi connectivity index (χ1v) is 5.75. The number of hydrogen-bond acceptors (Lipinski definition) is 4. The molecule has 1 aromatic rings. The molecule has 1 saturated heterocycles. The highest BCUT2D eigenvalue weighted by molar-refractivity contribution is 7.12. The number of aryl methyl sites for hydroxylation is 1. The Morgan fingerprint density at radius 2 is 2.06 bits per heavy atom. The fourth-order valence-electron chi connectivity index (χ4n) is 1.73. The third kappa shape index (κ3) is 2.78. The zero-order chi connectivity index (χ0) is 12.1. The molecule has 2 rings (SSSR count). The molecule has 0 aliphatic carbocycles. The summed E-state index contributed by atoms with van der Waals surface area (Å²) >= 11 is 1.80. The summed E-state index contributed by atoms with van der Waals surface area (Å²) in [6, 6.07) is 4.26. The van der Waals surface area contributed by atoms with Crippen LogP contribution in [0.2, 0.25) is 0 Å². The van der Waals surface area contributed by atoms with Gasteiger partial charge in [0.05, 0.1) is 0 Å². The smallest absolute Gasteiger partial charge is 0.355 e. The lowest BCUT2D eigenvalue weighted by Gasteiger charge is -2.08. The normalized spacial score (nSPS) is 23.0. The maximum atomic E-state index is 11.3. The van der Waals surface area contributed by atoms with Gasteiger partial charge in [-0.05, 0) is 19.1 Å². The van der Waals surface area contributed by atoms with E-state index in [4.69, 9.17) is 9.59 Å². The number of nitrogens with one attached hydrogen (secondary N) is 1. The topological polar surface area (TPSA) is 63.2 Å². The van der Waals surface area contributed by atoms with Crippen LogP contribution in [0, 0.1) is 12.8 Å². The molecule has 16 heavy (non-hydrogen) atoms. The molecule has 0 saturated carbocycles. The third-order valence-corrected chi connectivity index (χ3v) is 3.77. The van der Waals surface area contributed by atoms with E-state index in [2.05, 4.69) is 24.4 Å². The Hall–Kier alpha value is -1.45. The molecule has 0 spiro atoms. The monoisotopic (exact) mass is 239 g/mol. The van der Waals surface area contributed by atoms with Crippen molar-refractivity contribution in [2.45, 2.75) is 19.8 Å². The number of thiophene rings is 1. The van der Waals surface area contributed by atoms with Gasteiger partial charge in [0.2, 0.25) is 5.91 Å². The van der Waals surface area contributed by atoms with Crippen LogP contribution >= 0.6 is 11.3 Å². The Kier molecular flexibility index (Phi) is 4.40. The lowest BCUT2D eigenvalue weighted by molar-refractivity contribution is -0.191. The summed E-state index contributed by atoms with van der Waals surface area (Å²) < 4.78 is 0. The summed E-state index contributed by atoms with van der Waals surface area (Å²) in [5.41, 5.74) is 0. The summed E-state index contributed by atoms with van der Waals surface area (Å²) in [6.45, 7) is 4.91. The van der Waals surface area contributed by atoms with Crippen LogP contribution in [0.5, 0.6) is 0 Å². The van der Waals surface area contributed by atoms with Gasteiger partial charge in [0, 0.05) is 28.1 Å². The molecule has 4 nitrogen and oxygen atoms in total. The van der Waals surface area contributed by atoms with E-state index < -0.39 is 0 Å². The highest BCUT2D eigenvalue weighted by Gasteiger charge is 2.32. The molecule has 0 unspecified atom stereocenters. The van der Waals surface area contributed by atoms with E-state index >= 15 is 0 Å². The van der Waals surface area contributed by atoms with E-state index in [0.29, 0.717) is 5.92 Å². The predicted molar refractivity (Wildman–Crippen MR) is 59.0 cm³/mol. The molecular weight excluding hydrogens is 226 g/mol. The molecule has 0 radical (unpaired) electrons. The zero-order valence-corrected chi connectivity index (χ0v) is 9.97. The number of hydrogen-bond donors (Lipinski definition) is 1. The van der Waals surface area contributed by atoms with Gasteiger partial charge in [-0.15, -0.1) is 11.3 Å². The van der Waals surface area contributed by atoms with Gasteiger partial charge < -0.3 is 5.32 Å². The van der Waals surface area contributed by atoms with Crippen LogP contribution < -0.4 is 5.32 Å². The van der Waals surface area contributed by atoms with Crippen molar-refractivity contribution in [1.29, 1.82) is 0 Å². The molecule has 1 amide bonds. The zero-order valence-electron chi connectivity index (χ0n) is 9.15. The third-order valence-electron chi connectivity index (χ3n) is 2.64. The minimum Gasteiger partial charge on any atom is -0.355 e. The average Bonchev–Trinajstić information content (AvgIpc) is 2.77. The van der Waals surface area contributed by atoms with Gasteiger partial charge in [-0.1, -0.05) is 6.92 Å². The fraction of sp³-hybridized carbons (Fsp3) is 0.455. The summed E-state index contributed by atoms with van der Waals surface area (Å²) in [5, 5.41) is 2.89. The first-order valence-electron chi connectivity index (χ1n) is 4.93. The molecule has 86 valence electrons. The molecule has 2 heterocycles. The van der Waals surface area contributed by atoms with Crippen molar-refractivity contribution in [3.8, 4) is 0 Å². The van der Waals surface area contributed by atoms with E-state index in [1.54, 1.807) is 11.3 Å². The first kappa shape index (κ1) is 12.6. The SMILES string of the molecule is Cc1ccc([C@@H]2CNC(=O)[C@H]2C)s1.O=C=O. The average molecular weight is 239 g/mol. The quantitative estimate of drug-likeness (QED) is 0.804. The largest absolute Gasteiger partial charge is 0.373 e. The van der Waals surface area contributed by atoms with E-state index in [0.717, 1.165) is 6.54 Å². The van der Waals surface area contributed by atoms with Gasteiger partial charge in [0.15, 0.2) is 0 Å². The molecule has 1 N–H and O–H groups in total. The highest BCUT2D eigenvalue weighted by atomic mass is 32.1. The molecule has 1 aromatic heterocycles. The maximum Gasteiger partial charge on any atom is 0.373 e. The van der Waals surface area contributed by atoms with Crippen molar-refractivity contribution in [3.63, 3.8) is 0 Å². The number of amides is 1. The lowest BCUT2D eigenvalue weighted by Crippen LogP contribution is -2.16. The van der Waals surface area contributed by atoms with Gasteiger partial charge in [-0.3, -0.25) is 4.79 Å². The minimum atomic E-state index is 0.137. The van der Waals surface area contributed by atoms with E-state index in [1.165, 1.54) is 9.75 Å². The number of carbonyl (C=O) groups excluding carboxylic acids is 3. The fourth-order valence-corrected chi connectivity index (χ4v) is 2.81. The minimum absolute atomic E-state index is 0.137. The molecule has 1 fully saturated rings. The van der Waals surface area contributed by atoms with Crippen LogP contribution in [0.3, 0.4) is 0 Å². The Morgan fingerprint density at radius 1 is 1.44 bits per heavy atom. The summed E-state index contributed by atoms with van der Waals surface area (Å²) in [7, 11) is 0. The van der Waals surface area contributed by atoms with E-state index in [9.17, 15) is 4.79 Å². The van der Waals surface area contributed by atoms with Gasteiger partial charge >= 0.3 is 6.15 Å². The van der Waals surface area contributed by atoms with Crippen molar-refractivity contribution < 1.29 is 14.4 Å². The number of carbonyl (C=O) groups is 1. The summed E-state index contributed by atoms with van der Waals surface area (Å²) in [5.74, 6) is 0.723. The van der Waals surface area contributed by atoms with Gasteiger partial charge in [-0.25, -0.2) is 0 Å². The molecular formula is C11H13NO3S. The van der Waals surface area contributed by atoms with Crippen LogP contribution in [-0.4, -0.2) is 18.6 Å². The standard InChI is InChI=1S/C10H13NOS.CO2/c1-6-3-4-9(13-6)8-5-11-10(12)7(8)2;2-1-3/h3-4,7-8H,5H2,1-2H3,(H,11,12);/t7-,8+;/m0./s1. The summed E-state index contributed by atoms with van der Waals surface area (Å²) in [4.78, 5) is 30.2. The van der Waals surface area contributed by atoms with Crippen molar-refractivity contribution in [3.05, 3.63) is 21.9 Å². The maximum absolute atomic E-state index is 11.3. The van der Waals surface area contributed by atoms with Crippen LogP contribution in [0.4, 0.5) is 0 Å². The van der Waals surface area contributed by atoms with Gasteiger partial charge in [-0.2, -0.15) is 9.59 Å². The van der Waals surface area contributed by atoms with Crippen LogP contribution in [0.1, 0.15) is 22.6 Å². The highest BCUT2D eigenvalue weighted by Crippen LogP contribution is 2.32. The van der Waals surface area contributed by atoms with Gasteiger partial charge in [0.1, 0.15) is 0 Å². The predicted octanol–water partition coefficient (Wildman–Crippen LogP) is 1.32. The molecule has 0 aromatic carbocycles.